The van der Waals surface area contributed by atoms with Gasteiger partial charge in [0.25, 0.3) is 0 Å². The monoisotopic (exact) mass is 355 g/mol. The highest BCUT2D eigenvalue weighted by Gasteiger charge is 2.21. The lowest BCUT2D eigenvalue weighted by Gasteiger charge is -2.21. The van der Waals surface area contributed by atoms with Gasteiger partial charge in [0, 0.05) is 26.2 Å². The van der Waals surface area contributed by atoms with Crippen molar-refractivity contribution in [1.29, 1.82) is 0 Å². The Bertz CT molecular complexity index is 529. The minimum atomic E-state index is -0.532. The van der Waals surface area contributed by atoms with E-state index in [0.717, 1.165) is 12.0 Å². The molecule has 0 atom stereocenters. The number of hydrogen-bond acceptors (Lipinski definition) is 5. The third-order valence-corrected chi connectivity index (χ3v) is 3.67. The van der Waals surface area contributed by atoms with Crippen LogP contribution in [0.5, 0.6) is 0 Å². The first-order valence-electron chi connectivity index (χ1n) is 7.89. The molecule has 132 valence electrons. The van der Waals surface area contributed by atoms with Crippen LogP contribution < -0.4 is 5.43 Å². The maximum Gasteiger partial charge on any atom is 0.421 e. The summed E-state index contributed by atoms with van der Waals surface area (Å²) in [6.45, 7) is 2.63. The molecule has 1 saturated heterocycles. The Morgan fingerprint density at radius 1 is 1.08 bits per heavy atom. The molecule has 0 saturated carbocycles. The molecule has 0 spiro atoms. The highest BCUT2D eigenvalue weighted by molar-refractivity contribution is 6.18. The number of nitrogens with zero attached hydrogens (tertiary/aromatic N) is 2. The van der Waals surface area contributed by atoms with Crippen molar-refractivity contribution < 1.29 is 19.1 Å². The summed E-state index contributed by atoms with van der Waals surface area (Å²) >= 11 is 5.47. The minimum Gasteiger partial charge on any atom is -0.447 e. The average Bonchev–Trinajstić information content (AvgIpc) is 2.84. The van der Waals surface area contributed by atoms with Gasteiger partial charge in [-0.1, -0.05) is 30.3 Å². The van der Waals surface area contributed by atoms with E-state index in [2.05, 4.69) is 5.43 Å². The van der Waals surface area contributed by atoms with Gasteiger partial charge >= 0.3 is 12.2 Å². The van der Waals surface area contributed by atoms with Gasteiger partial charge < -0.3 is 14.4 Å². The number of halogens is 1. The van der Waals surface area contributed by atoms with E-state index < -0.39 is 6.09 Å². The lowest BCUT2D eigenvalue weighted by atomic mass is 10.2. The molecular weight excluding hydrogens is 334 g/mol. The average molecular weight is 356 g/mol. The third-order valence-electron chi connectivity index (χ3n) is 3.52. The quantitative estimate of drug-likeness (QED) is 0.820. The Morgan fingerprint density at radius 3 is 2.62 bits per heavy atom. The summed E-state index contributed by atoms with van der Waals surface area (Å²) in [4.78, 5) is 25.3. The Hall–Kier alpha value is -1.99. The van der Waals surface area contributed by atoms with E-state index in [0.29, 0.717) is 26.2 Å². The first-order valence-corrected chi connectivity index (χ1v) is 8.42. The standard InChI is InChI=1S/C16H22ClN3O4/c17-7-12-23-15(21)18-20-9-4-8-19(10-11-20)16(22)24-13-14-5-2-1-3-6-14/h1-3,5-6H,4,7-13H2,(H,18,21). The van der Waals surface area contributed by atoms with Gasteiger partial charge in [-0.05, 0) is 12.0 Å². The van der Waals surface area contributed by atoms with Crippen LogP contribution in [-0.4, -0.2) is 60.8 Å². The van der Waals surface area contributed by atoms with Gasteiger partial charge in [-0.3, -0.25) is 5.43 Å². The number of amides is 2. The number of hydrogen-bond donors (Lipinski definition) is 1. The fourth-order valence-corrected chi connectivity index (χ4v) is 2.39. The van der Waals surface area contributed by atoms with Gasteiger partial charge in [-0.15, -0.1) is 11.6 Å². The van der Waals surface area contributed by atoms with Crippen LogP contribution in [0, 0.1) is 0 Å². The van der Waals surface area contributed by atoms with Gasteiger partial charge in [0.05, 0.1) is 5.88 Å². The maximum absolute atomic E-state index is 12.2. The maximum atomic E-state index is 12.2. The Labute approximate surface area is 146 Å². The first-order chi connectivity index (χ1) is 11.7. The Balaban J connectivity index is 1.73. The second-order valence-corrected chi connectivity index (χ2v) is 5.68. The zero-order valence-electron chi connectivity index (χ0n) is 13.4. The summed E-state index contributed by atoms with van der Waals surface area (Å²) in [5.74, 6) is 0.258. The molecule has 0 aliphatic carbocycles. The van der Waals surface area contributed by atoms with Crippen molar-refractivity contribution in [3.05, 3.63) is 35.9 Å². The fraction of sp³-hybridized carbons (Fsp3) is 0.500. The molecular formula is C16H22ClN3O4. The van der Waals surface area contributed by atoms with E-state index in [1.54, 1.807) is 9.91 Å². The van der Waals surface area contributed by atoms with Gasteiger partial charge in [0.15, 0.2) is 0 Å². The lowest BCUT2D eigenvalue weighted by molar-refractivity contribution is 0.0939. The summed E-state index contributed by atoms with van der Waals surface area (Å²) in [6.07, 6.45) is -0.142. The van der Waals surface area contributed by atoms with E-state index in [-0.39, 0.29) is 25.2 Å². The molecule has 7 nitrogen and oxygen atoms in total. The van der Waals surface area contributed by atoms with E-state index in [1.807, 2.05) is 30.3 Å². The van der Waals surface area contributed by atoms with Crippen LogP contribution in [0.2, 0.25) is 0 Å². The Morgan fingerprint density at radius 2 is 1.88 bits per heavy atom. The lowest BCUT2D eigenvalue weighted by Crippen LogP contribution is -2.45. The van der Waals surface area contributed by atoms with Crippen molar-refractivity contribution in [3.63, 3.8) is 0 Å². The predicted octanol–water partition coefficient (Wildman–Crippen LogP) is 2.21. The number of benzene rings is 1. The van der Waals surface area contributed by atoms with Crippen LogP contribution in [-0.2, 0) is 16.1 Å². The van der Waals surface area contributed by atoms with Gasteiger partial charge in [0.2, 0.25) is 0 Å². The topological polar surface area (TPSA) is 71.1 Å². The van der Waals surface area contributed by atoms with Crippen molar-refractivity contribution in [1.82, 2.24) is 15.3 Å². The minimum absolute atomic E-state index is 0.166. The molecule has 0 bridgehead atoms. The van der Waals surface area contributed by atoms with Crippen LogP contribution in [0.3, 0.4) is 0 Å². The summed E-state index contributed by atoms with van der Waals surface area (Å²) in [5.41, 5.74) is 3.60. The smallest absolute Gasteiger partial charge is 0.421 e. The SMILES string of the molecule is O=C(NN1CCCN(C(=O)OCc2ccccc2)CC1)OCCCl. The molecule has 0 aromatic heterocycles. The molecule has 1 aromatic rings. The molecule has 1 aliphatic rings. The van der Waals surface area contributed by atoms with Crippen molar-refractivity contribution in [2.24, 2.45) is 0 Å². The first kappa shape index (κ1) is 18.4. The Kier molecular flexibility index (Phi) is 7.64. The largest absolute Gasteiger partial charge is 0.447 e. The van der Waals surface area contributed by atoms with Crippen molar-refractivity contribution >= 4 is 23.8 Å². The molecule has 0 unspecified atom stereocenters. The molecule has 0 radical (unpaired) electrons. The van der Waals surface area contributed by atoms with E-state index in [1.165, 1.54) is 0 Å². The van der Waals surface area contributed by atoms with Crippen molar-refractivity contribution in [3.8, 4) is 0 Å². The van der Waals surface area contributed by atoms with Gasteiger partial charge in [-0.25, -0.2) is 14.6 Å². The zero-order chi connectivity index (χ0) is 17.2. The zero-order valence-corrected chi connectivity index (χ0v) is 14.2. The number of ether oxygens (including phenoxy) is 2. The fourth-order valence-electron chi connectivity index (χ4n) is 2.32. The predicted molar refractivity (Wildman–Crippen MR) is 89.6 cm³/mol. The number of alkyl halides is 1. The molecule has 24 heavy (non-hydrogen) atoms. The van der Waals surface area contributed by atoms with E-state index in [9.17, 15) is 9.59 Å². The number of carbonyl (C=O) groups excluding carboxylic acids is 2. The second kappa shape index (κ2) is 10.00. The molecule has 1 aliphatic heterocycles. The molecule has 2 rings (SSSR count). The highest BCUT2D eigenvalue weighted by Crippen LogP contribution is 2.06. The summed E-state index contributed by atoms with van der Waals surface area (Å²) in [6, 6.07) is 9.55. The van der Waals surface area contributed by atoms with Crippen molar-refractivity contribution in [2.75, 3.05) is 38.7 Å². The number of carbonyl (C=O) groups is 2. The summed E-state index contributed by atoms with van der Waals surface area (Å²) < 4.78 is 10.2. The molecule has 1 fully saturated rings. The molecule has 2 amide bonds. The molecule has 1 aromatic carbocycles. The second-order valence-electron chi connectivity index (χ2n) is 5.30. The van der Waals surface area contributed by atoms with Crippen LogP contribution in [0.15, 0.2) is 30.3 Å². The normalized spacial score (nSPS) is 15.5. The summed E-state index contributed by atoms with van der Waals surface area (Å²) in [5, 5.41) is 1.74. The van der Waals surface area contributed by atoms with E-state index in [4.69, 9.17) is 21.1 Å². The van der Waals surface area contributed by atoms with Crippen LogP contribution in [0.1, 0.15) is 12.0 Å². The van der Waals surface area contributed by atoms with Gasteiger partial charge in [0.1, 0.15) is 13.2 Å². The number of rotatable bonds is 5. The number of hydrazine groups is 1. The highest BCUT2D eigenvalue weighted by atomic mass is 35.5. The van der Waals surface area contributed by atoms with E-state index >= 15 is 0 Å². The molecule has 8 heteroatoms. The van der Waals surface area contributed by atoms with Crippen LogP contribution in [0.4, 0.5) is 9.59 Å². The van der Waals surface area contributed by atoms with Gasteiger partial charge in [-0.2, -0.15) is 0 Å². The van der Waals surface area contributed by atoms with Crippen LogP contribution >= 0.6 is 11.6 Å². The number of nitrogens with one attached hydrogen (secondary N) is 1. The molecule has 1 heterocycles. The molecule has 1 N–H and O–H groups in total. The summed E-state index contributed by atoms with van der Waals surface area (Å²) in [7, 11) is 0. The third kappa shape index (κ3) is 6.25. The van der Waals surface area contributed by atoms with Crippen molar-refractivity contribution in [2.45, 2.75) is 13.0 Å². The van der Waals surface area contributed by atoms with Crippen LogP contribution in [0.25, 0.3) is 0 Å².